The van der Waals surface area contributed by atoms with Crippen LogP contribution in [0.3, 0.4) is 0 Å². The number of amides is 1. The molecule has 0 saturated carbocycles. The summed E-state index contributed by atoms with van der Waals surface area (Å²) in [7, 11) is 0. The lowest BCUT2D eigenvalue weighted by atomic mass is 10.2. The predicted molar refractivity (Wildman–Crippen MR) is 139 cm³/mol. The summed E-state index contributed by atoms with van der Waals surface area (Å²) in [5.74, 6) is 0.977. The van der Waals surface area contributed by atoms with E-state index < -0.39 is 0 Å². The molecule has 2 aromatic heterocycles. The molecular formula is C27H21ClN4OS. The molecule has 3 aromatic carbocycles. The second kappa shape index (κ2) is 10.1. The van der Waals surface area contributed by atoms with Crippen molar-refractivity contribution in [3.8, 4) is 11.4 Å². The molecule has 0 spiro atoms. The van der Waals surface area contributed by atoms with E-state index >= 15 is 0 Å². The quantitative estimate of drug-likeness (QED) is 0.264. The molecular weight excluding hydrogens is 464 g/mol. The molecule has 0 unspecified atom stereocenters. The molecule has 0 bridgehead atoms. The molecule has 5 aromatic rings. The van der Waals surface area contributed by atoms with Crippen molar-refractivity contribution >= 4 is 46.0 Å². The largest absolute Gasteiger partial charge is 0.338 e. The number of fused-ring (bicyclic) bond motifs is 1. The third-order valence-corrected chi connectivity index (χ3v) is 6.61. The number of hydrogen-bond acceptors (Lipinski definition) is 4. The fourth-order valence-corrected chi connectivity index (χ4v) is 4.68. The van der Waals surface area contributed by atoms with E-state index in [0.717, 1.165) is 38.7 Å². The van der Waals surface area contributed by atoms with E-state index in [1.54, 1.807) is 11.1 Å². The number of aromatic amines is 1. The van der Waals surface area contributed by atoms with Gasteiger partial charge in [0.1, 0.15) is 10.9 Å². The standard InChI is InChI=1S/C27H21ClN4OS/c28-20-14-12-19(13-15-20)17-32(21-7-2-1-3-8-21)25(33)18-34-27-22(9-6-16-29-27)26-30-23-10-4-5-11-24(23)31-26/h1-16H,17-18H2,(H,30,31). The van der Waals surface area contributed by atoms with Gasteiger partial charge in [-0.1, -0.05) is 65.8 Å². The molecule has 34 heavy (non-hydrogen) atoms. The highest BCUT2D eigenvalue weighted by molar-refractivity contribution is 8.00. The van der Waals surface area contributed by atoms with E-state index in [0.29, 0.717) is 11.6 Å². The number of nitrogens with one attached hydrogen (secondary N) is 1. The Morgan fingerprint density at radius 3 is 2.47 bits per heavy atom. The normalized spacial score (nSPS) is 11.0. The van der Waals surface area contributed by atoms with Crippen LogP contribution in [0.5, 0.6) is 0 Å². The number of pyridine rings is 1. The summed E-state index contributed by atoms with van der Waals surface area (Å²) >= 11 is 7.45. The Hall–Kier alpha value is -3.61. The average molecular weight is 485 g/mol. The first kappa shape index (κ1) is 22.2. The molecule has 0 saturated heterocycles. The Labute approximate surface area is 206 Å². The number of H-pyrrole nitrogens is 1. The van der Waals surface area contributed by atoms with Gasteiger partial charge in [-0.2, -0.15) is 0 Å². The lowest BCUT2D eigenvalue weighted by Crippen LogP contribution is -2.31. The van der Waals surface area contributed by atoms with Gasteiger partial charge in [0.2, 0.25) is 5.91 Å². The van der Waals surface area contributed by atoms with Crippen molar-refractivity contribution in [2.75, 3.05) is 10.7 Å². The SMILES string of the molecule is O=C(CSc1ncccc1-c1nc2ccccc2[nH]1)N(Cc1ccc(Cl)cc1)c1ccccc1. The molecule has 0 aliphatic carbocycles. The first-order chi connectivity index (χ1) is 16.7. The number of nitrogens with zero attached hydrogens (tertiary/aromatic N) is 3. The number of anilines is 1. The fourth-order valence-electron chi connectivity index (χ4n) is 3.68. The molecule has 1 amide bonds. The number of rotatable bonds is 7. The Balaban J connectivity index is 1.38. The third kappa shape index (κ3) is 4.98. The highest BCUT2D eigenvalue weighted by Crippen LogP contribution is 2.30. The van der Waals surface area contributed by atoms with E-state index in [1.165, 1.54) is 11.8 Å². The maximum Gasteiger partial charge on any atom is 0.237 e. The van der Waals surface area contributed by atoms with Crippen LogP contribution in [0.2, 0.25) is 5.02 Å². The first-order valence-corrected chi connectivity index (χ1v) is 12.2. The number of hydrogen-bond donors (Lipinski definition) is 1. The number of halogens is 1. The van der Waals surface area contributed by atoms with E-state index in [9.17, 15) is 4.79 Å². The molecule has 1 N–H and O–H groups in total. The monoisotopic (exact) mass is 484 g/mol. The smallest absolute Gasteiger partial charge is 0.237 e. The van der Waals surface area contributed by atoms with Gasteiger partial charge in [0.25, 0.3) is 0 Å². The van der Waals surface area contributed by atoms with Crippen molar-refractivity contribution in [1.29, 1.82) is 0 Å². The van der Waals surface area contributed by atoms with Gasteiger partial charge >= 0.3 is 0 Å². The van der Waals surface area contributed by atoms with Crippen molar-refractivity contribution in [3.05, 3.63) is 108 Å². The van der Waals surface area contributed by atoms with Crippen LogP contribution in [-0.2, 0) is 11.3 Å². The van der Waals surface area contributed by atoms with Gasteiger partial charge in [-0.3, -0.25) is 4.79 Å². The van der Waals surface area contributed by atoms with Gasteiger partial charge in [-0.05, 0) is 54.1 Å². The molecule has 5 nitrogen and oxygen atoms in total. The minimum Gasteiger partial charge on any atom is -0.338 e. The van der Waals surface area contributed by atoms with Crippen LogP contribution in [0.1, 0.15) is 5.56 Å². The van der Waals surface area contributed by atoms with Gasteiger partial charge in [-0.15, -0.1) is 0 Å². The highest BCUT2D eigenvalue weighted by atomic mass is 35.5. The molecule has 0 atom stereocenters. The number of aromatic nitrogens is 3. The maximum absolute atomic E-state index is 13.4. The van der Waals surface area contributed by atoms with E-state index in [1.807, 2.05) is 91.0 Å². The zero-order valence-corrected chi connectivity index (χ0v) is 19.8. The summed E-state index contributed by atoms with van der Waals surface area (Å²) in [5, 5.41) is 1.43. The Bertz CT molecular complexity index is 1390. The zero-order chi connectivity index (χ0) is 23.3. The summed E-state index contributed by atoms with van der Waals surface area (Å²) in [6.07, 6.45) is 1.74. The number of thioether (sulfide) groups is 1. The van der Waals surface area contributed by atoms with Gasteiger partial charge in [-0.25, -0.2) is 9.97 Å². The summed E-state index contributed by atoms with van der Waals surface area (Å²) in [6.45, 7) is 0.458. The Morgan fingerprint density at radius 2 is 1.68 bits per heavy atom. The molecule has 7 heteroatoms. The van der Waals surface area contributed by atoms with E-state index in [4.69, 9.17) is 16.6 Å². The van der Waals surface area contributed by atoms with Crippen LogP contribution in [0.25, 0.3) is 22.4 Å². The van der Waals surface area contributed by atoms with Gasteiger partial charge in [0.15, 0.2) is 0 Å². The van der Waals surface area contributed by atoms with E-state index in [-0.39, 0.29) is 11.7 Å². The van der Waals surface area contributed by atoms with Gasteiger partial charge in [0, 0.05) is 22.5 Å². The summed E-state index contributed by atoms with van der Waals surface area (Å²) in [4.78, 5) is 27.8. The van der Waals surface area contributed by atoms with Gasteiger partial charge in [0.05, 0.1) is 23.3 Å². The topological polar surface area (TPSA) is 61.9 Å². The molecule has 0 radical (unpaired) electrons. The third-order valence-electron chi connectivity index (χ3n) is 5.37. The number of carbonyl (C=O) groups is 1. The summed E-state index contributed by atoms with van der Waals surface area (Å²) in [5.41, 5.74) is 4.59. The van der Waals surface area contributed by atoms with Crippen LogP contribution in [-0.4, -0.2) is 26.6 Å². The van der Waals surface area contributed by atoms with E-state index in [2.05, 4.69) is 9.97 Å². The molecule has 168 valence electrons. The van der Waals surface area contributed by atoms with Gasteiger partial charge < -0.3 is 9.88 Å². The Kier molecular flexibility index (Phi) is 6.60. The number of para-hydroxylation sites is 3. The zero-order valence-electron chi connectivity index (χ0n) is 18.2. The van der Waals surface area contributed by atoms with Crippen molar-refractivity contribution in [2.45, 2.75) is 11.6 Å². The molecule has 0 fully saturated rings. The average Bonchev–Trinajstić information content (AvgIpc) is 3.32. The summed E-state index contributed by atoms with van der Waals surface area (Å²) < 4.78 is 0. The van der Waals surface area contributed by atoms with Crippen LogP contribution in [0.15, 0.2) is 102 Å². The van der Waals surface area contributed by atoms with Crippen molar-refractivity contribution in [1.82, 2.24) is 15.0 Å². The molecule has 0 aliphatic rings. The fraction of sp³-hybridized carbons (Fsp3) is 0.0741. The van der Waals surface area contributed by atoms with Crippen molar-refractivity contribution in [3.63, 3.8) is 0 Å². The lowest BCUT2D eigenvalue weighted by molar-refractivity contribution is -0.116. The van der Waals surface area contributed by atoms with Crippen LogP contribution >= 0.6 is 23.4 Å². The molecule has 0 aliphatic heterocycles. The minimum absolute atomic E-state index is 0.00707. The number of imidazole rings is 1. The van der Waals surface area contributed by atoms with Crippen LogP contribution in [0, 0.1) is 0 Å². The lowest BCUT2D eigenvalue weighted by Gasteiger charge is -2.23. The maximum atomic E-state index is 13.4. The second-order valence-electron chi connectivity index (χ2n) is 7.69. The second-order valence-corrected chi connectivity index (χ2v) is 9.09. The highest BCUT2D eigenvalue weighted by Gasteiger charge is 2.19. The number of benzene rings is 3. The molecule has 5 rings (SSSR count). The van der Waals surface area contributed by atoms with Crippen LogP contribution < -0.4 is 4.90 Å². The molecule has 2 heterocycles. The van der Waals surface area contributed by atoms with Crippen molar-refractivity contribution in [2.24, 2.45) is 0 Å². The van der Waals surface area contributed by atoms with Crippen molar-refractivity contribution < 1.29 is 4.79 Å². The first-order valence-electron chi connectivity index (χ1n) is 10.8. The van der Waals surface area contributed by atoms with Crippen LogP contribution in [0.4, 0.5) is 5.69 Å². The Morgan fingerprint density at radius 1 is 0.912 bits per heavy atom. The summed E-state index contributed by atoms with van der Waals surface area (Å²) in [6, 6.07) is 29.0. The predicted octanol–water partition coefficient (Wildman–Crippen LogP) is 6.60. The minimum atomic E-state index is -0.00707. The number of carbonyl (C=O) groups excluding carboxylic acids is 1.